The van der Waals surface area contributed by atoms with Gasteiger partial charge in [-0.15, -0.1) is 0 Å². The van der Waals surface area contributed by atoms with Crippen LogP contribution in [-0.4, -0.2) is 10.9 Å². The van der Waals surface area contributed by atoms with E-state index in [0.717, 1.165) is 21.6 Å². The fraction of sp³-hybridized carbons (Fsp3) is 0.0455. The second-order valence-electron chi connectivity index (χ2n) is 5.93. The van der Waals surface area contributed by atoms with Crippen LogP contribution in [-0.2, 0) is 9.73 Å². The lowest BCUT2D eigenvalue weighted by Gasteiger charge is -2.21. The number of hydrogen-bond donors (Lipinski definition) is 1. The zero-order valence-electron chi connectivity index (χ0n) is 13.4. The summed E-state index contributed by atoms with van der Waals surface area (Å²) in [6, 6.07) is 27.2. The topological polar surface area (TPSA) is 37.3 Å². The summed E-state index contributed by atoms with van der Waals surface area (Å²) in [5.41, 5.74) is 3.70. The Morgan fingerprint density at radius 2 is 1.20 bits per heavy atom. The van der Waals surface area contributed by atoms with Crippen LogP contribution >= 0.6 is 11.8 Å². The average molecular weight is 344 g/mol. The van der Waals surface area contributed by atoms with Gasteiger partial charge in [-0.1, -0.05) is 96.7 Å². The van der Waals surface area contributed by atoms with E-state index in [-0.39, 0.29) is 5.78 Å². The van der Waals surface area contributed by atoms with Crippen molar-refractivity contribution in [2.75, 3.05) is 0 Å². The Balaban J connectivity index is 1.63. The fourth-order valence-corrected chi connectivity index (χ4v) is 4.07. The molecule has 4 rings (SSSR count). The van der Waals surface area contributed by atoms with E-state index in [1.807, 2.05) is 84.9 Å². The van der Waals surface area contributed by atoms with Gasteiger partial charge in [0.25, 0.3) is 0 Å². The van der Waals surface area contributed by atoms with Crippen LogP contribution in [0.2, 0.25) is 0 Å². The van der Waals surface area contributed by atoms with Gasteiger partial charge in [-0.05, 0) is 22.8 Å². The molecular formula is C22H16O2S. The van der Waals surface area contributed by atoms with Crippen molar-refractivity contribution >= 4 is 22.5 Å². The van der Waals surface area contributed by atoms with Gasteiger partial charge >= 0.3 is 0 Å². The number of rotatable bonds is 3. The van der Waals surface area contributed by atoms with Crippen LogP contribution in [0.25, 0.3) is 16.0 Å². The minimum atomic E-state index is -1.56. The van der Waals surface area contributed by atoms with Crippen LogP contribution in [0.1, 0.15) is 11.1 Å². The molecule has 1 atom stereocenters. The second-order valence-corrected chi connectivity index (χ2v) is 7.16. The number of benzene rings is 3. The number of aliphatic hydroxyl groups is 1. The Labute approximate surface area is 150 Å². The van der Waals surface area contributed by atoms with Gasteiger partial charge in [0.1, 0.15) is 0 Å². The molecule has 1 aliphatic heterocycles. The van der Waals surface area contributed by atoms with E-state index in [4.69, 9.17) is 0 Å². The maximum Gasteiger partial charge on any atom is 0.204 e. The predicted molar refractivity (Wildman–Crippen MR) is 103 cm³/mol. The number of carbonyl (C=O) groups is 1. The predicted octanol–water partition coefficient (Wildman–Crippen LogP) is 4.86. The Morgan fingerprint density at radius 3 is 1.80 bits per heavy atom. The van der Waals surface area contributed by atoms with E-state index in [2.05, 4.69) is 0 Å². The summed E-state index contributed by atoms with van der Waals surface area (Å²) >= 11 is 1.20. The minimum Gasteiger partial charge on any atom is -0.368 e. The maximum absolute atomic E-state index is 12.5. The summed E-state index contributed by atoms with van der Waals surface area (Å²) in [7, 11) is 0. The molecule has 0 saturated carbocycles. The van der Waals surface area contributed by atoms with E-state index in [9.17, 15) is 9.90 Å². The van der Waals surface area contributed by atoms with Crippen molar-refractivity contribution in [2.45, 2.75) is 4.93 Å². The first kappa shape index (κ1) is 15.9. The lowest BCUT2D eigenvalue weighted by Crippen LogP contribution is -2.27. The third kappa shape index (κ3) is 2.93. The van der Waals surface area contributed by atoms with Crippen LogP contribution in [0, 0.1) is 0 Å². The Bertz CT molecular complexity index is 931. The summed E-state index contributed by atoms with van der Waals surface area (Å²) in [4.78, 5) is 11.7. The Hall–Kier alpha value is -2.62. The van der Waals surface area contributed by atoms with E-state index in [1.165, 1.54) is 17.8 Å². The van der Waals surface area contributed by atoms with Crippen molar-refractivity contribution in [1.29, 1.82) is 0 Å². The number of hydrogen-bond acceptors (Lipinski definition) is 3. The second kappa shape index (κ2) is 6.36. The van der Waals surface area contributed by atoms with Crippen LogP contribution in [0.4, 0.5) is 0 Å². The third-order valence-electron chi connectivity index (χ3n) is 4.30. The molecule has 25 heavy (non-hydrogen) atoms. The highest BCUT2D eigenvalue weighted by Gasteiger charge is 2.43. The summed E-state index contributed by atoms with van der Waals surface area (Å²) < 4.78 is 0. The van der Waals surface area contributed by atoms with Crippen molar-refractivity contribution in [3.05, 3.63) is 102 Å². The lowest BCUT2D eigenvalue weighted by molar-refractivity contribution is -0.124. The van der Waals surface area contributed by atoms with Gasteiger partial charge in [0.15, 0.2) is 0 Å². The smallest absolute Gasteiger partial charge is 0.204 e. The molecule has 0 fully saturated rings. The Kier molecular flexibility index (Phi) is 4.04. The summed E-state index contributed by atoms with van der Waals surface area (Å²) in [6.07, 6.45) is 1.53. The SMILES string of the molecule is O=C1C=C(c2ccccc2)SC1(O)c1ccc(-c2ccccc2)cc1. The van der Waals surface area contributed by atoms with E-state index >= 15 is 0 Å². The van der Waals surface area contributed by atoms with Crippen molar-refractivity contribution in [3.63, 3.8) is 0 Å². The van der Waals surface area contributed by atoms with Crippen LogP contribution in [0.15, 0.2) is 91.0 Å². The molecule has 0 spiro atoms. The first-order valence-electron chi connectivity index (χ1n) is 8.06. The molecule has 0 aliphatic carbocycles. The van der Waals surface area contributed by atoms with Crippen molar-refractivity contribution in [3.8, 4) is 11.1 Å². The van der Waals surface area contributed by atoms with E-state index in [1.54, 1.807) is 0 Å². The van der Waals surface area contributed by atoms with E-state index < -0.39 is 4.93 Å². The summed E-state index contributed by atoms with van der Waals surface area (Å²) in [5, 5.41) is 11.0. The summed E-state index contributed by atoms with van der Waals surface area (Å²) in [6.45, 7) is 0. The molecule has 1 N–H and O–H groups in total. The normalized spacial score (nSPS) is 19.7. The molecule has 3 aromatic carbocycles. The molecule has 122 valence electrons. The van der Waals surface area contributed by atoms with Gasteiger partial charge < -0.3 is 5.11 Å². The monoisotopic (exact) mass is 344 g/mol. The number of thioether (sulfide) groups is 1. The highest BCUT2D eigenvalue weighted by molar-refractivity contribution is 8.10. The molecule has 3 aromatic rings. The van der Waals surface area contributed by atoms with Crippen molar-refractivity contribution < 1.29 is 9.90 Å². The molecular weight excluding hydrogens is 328 g/mol. The van der Waals surface area contributed by atoms with E-state index in [0.29, 0.717) is 5.56 Å². The van der Waals surface area contributed by atoms with Gasteiger partial charge in [-0.25, -0.2) is 0 Å². The lowest BCUT2D eigenvalue weighted by atomic mass is 9.99. The molecule has 0 bridgehead atoms. The first-order chi connectivity index (χ1) is 12.2. The first-order valence-corrected chi connectivity index (χ1v) is 8.87. The van der Waals surface area contributed by atoms with Gasteiger partial charge in [0.05, 0.1) is 0 Å². The molecule has 1 heterocycles. The molecule has 3 heteroatoms. The molecule has 0 saturated heterocycles. The van der Waals surface area contributed by atoms with Crippen molar-refractivity contribution in [1.82, 2.24) is 0 Å². The molecule has 2 nitrogen and oxygen atoms in total. The molecule has 0 radical (unpaired) electrons. The quantitative estimate of drug-likeness (QED) is 0.737. The van der Waals surface area contributed by atoms with Gasteiger partial charge in [-0.3, -0.25) is 4.79 Å². The summed E-state index contributed by atoms with van der Waals surface area (Å²) in [5.74, 6) is -0.288. The minimum absolute atomic E-state index is 0.288. The van der Waals surface area contributed by atoms with Crippen LogP contribution in [0.3, 0.4) is 0 Å². The molecule has 1 unspecified atom stereocenters. The highest BCUT2D eigenvalue weighted by Crippen LogP contribution is 2.49. The van der Waals surface area contributed by atoms with Gasteiger partial charge in [-0.2, -0.15) is 0 Å². The zero-order valence-corrected chi connectivity index (χ0v) is 14.2. The average Bonchev–Trinajstić information content (AvgIpc) is 2.99. The van der Waals surface area contributed by atoms with Crippen molar-refractivity contribution in [2.24, 2.45) is 0 Å². The number of carbonyl (C=O) groups excluding carboxylic acids is 1. The fourth-order valence-electron chi connectivity index (χ4n) is 2.92. The molecule has 0 amide bonds. The van der Waals surface area contributed by atoms with Gasteiger partial charge in [0, 0.05) is 10.5 Å². The zero-order chi connectivity index (χ0) is 17.3. The largest absolute Gasteiger partial charge is 0.368 e. The third-order valence-corrected chi connectivity index (χ3v) is 5.60. The van der Waals surface area contributed by atoms with Gasteiger partial charge in [0.2, 0.25) is 10.7 Å². The molecule has 0 aromatic heterocycles. The molecule has 1 aliphatic rings. The number of ketones is 1. The van der Waals surface area contributed by atoms with Crippen LogP contribution < -0.4 is 0 Å². The maximum atomic E-state index is 12.5. The van der Waals surface area contributed by atoms with Crippen LogP contribution in [0.5, 0.6) is 0 Å². The Morgan fingerprint density at radius 1 is 0.680 bits per heavy atom. The highest BCUT2D eigenvalue weighted by atomic mass is 32.2. The standard InChI is InChI=1S/C22H16O2S/c23-21-15-20(18-9-5-2-6-10-18)25-22(21,24)19-13-11-17(12-14-19)16-7-3-1-4-8-16/h1-15,24H.